The van der Waals surface area contributed by atoms with Crippen molar-refractivity contribution in [3.8, 4) is 6.07 Å². The number of amides is 3. The molecule has 2 bridgehead atoms. The molecule has 5 fully saturated rings. The van der Waals surface area contributed by atoms with Gasteiger partial charge < -0.3 is 20.9 Å². The zero-order valence-electron chi connectivity index (χ0n) is 21.5. The largest absolute Gasteiger partial charge is 0.371 e. The van der Waals surface area contributed by atoms with E-state index in [9.17, 15) is 19.6 Å². The van der Waals surface area contributed by atoms with E-state index in [1.807, 2.05) is 6.07 Å². The van der Waals surface area contributed by atoms with E-state index in [4.69, 9.17) is 0 Å². The number of fused-ring (bicyclic) bond motifs is 3. The molecule has 6 rings (SSSR count). The Morgan fingerprint density at radius 3 is 2.68 bits per heavy atom. The molecule has 3 saturated heterocycles. The maximum absolute atomic E-state index is 15.1. The molecule has 0 radical (unpaired) electrons. The van der Waals surface area contributed by atoms with Crippen LogP contribution in [0.15, 0.2) is 12.4 Å². The number of hydrogen-bond acceptors (Lipinski definition) is 6. The second-order valence-corrected chi connectivity index (χ2v) is 11.3. The predicted octanol–water partition coefficient (Wildman–Crippen LogP) is 1.94. The highest BCUT2D eigenvalue weighted by atomic mass is 19.3. The van der Waals surface area contributed by atoms with Crippen LogP contribution in [0.1, 0.15) is 57.8 Å². The fraction of sp³-hybridized carbons (Fsp3) is 0.731. The minimum Gasteiger partial charge on any atom is -0.371 e. The molecule has 3 N–H and O–H groups in total. The highest BCUT2D eigenvalue weighted by Crippen LogP contribution is 2.49. The third kappa shape index (κ3) is 5.47. The molecule has 0 aromatic carbocycles. The minimum absolute atomic E-state index is 0.103. The molecule has 0 spiro atoms. The number of anilines is 1. The Kier molecular flexibility index (Phi) is 7.29. The van der Waals surface area contributed by atoms with Crippen LogP contribution in [0.5, 0.6) is 0 Å². The number of nitrogens with one attached hydrogen (secondary N) is 3. The van der Waals surface area contributed by atoms with Crippen molar-refractivity contribution in [2.24, 2.45) is 24.8 Å². The van der Waals surface area contributed by atoms with Crippen LogP contribution in [0.3, 0.4) is 0 Å². The molecule has 1 aromatic heterocycles. The molecule has 206 valence electrons. The van der Waals surface area contributed by atoms with E-state index < -0.39 is 54.3 Å². The summed E-state index contributed by atoms with van der Waals surface area (Å²) in [6.45, 7) is 0.575. The summed E-state index contributed by atoms with van der Waals surface area (Å²) in [5.74, 6) is -5.76. The molecule has 4 heterocycles. The topological polar surface area (TPSA) is 132 Å². The summed E-state index contributed by atoms with van der Waals surface area (Å²) in [6.07, 6.45) is 7.44. The molecule has 10 nitrogen and oxygen atoms in total. The van der Waals surface area contributed by atoms with Crippen LogP contribution in [-0.4, -0.2) is 69.0 Å². The van der Waals surface area contributed by atoms with Crippen LogP contribution >= 0.6 is 0 Å². The number of aryl methyl sites for hydroxylation is 1. The van der Waals surface area contributed by atoms with Crippen molar-refractivity contribution in [2.75, 3.05) is 11.9 Å². The maximum atomic E-state index is 15.1. The first kappa shape index (κ1) is 26.4. The Morgan fingerprint density at radius 2 is 2.05 bits per heavy atom. The van der Waals surface area contributed by atoms with E-state index in [0.29, 0.717) is 37.4 Å². The van der Waals surface area contributed by atoms with E-state index >= 15 is 8.78 Å². The van der Waals surface area contributed by atoms with Crippen molar-refractivity contribution in [1.82, 2.24) is 25.3 Å². The van der Waals surface area contributed by atoms with Crippen molar-refractivity contribution < 1.29 is 23.2 Å². The van der Waals surface area contributed by atoms with E-state index in [1.54, 1.807) is 24.1 Å². The van der Waals surface area contributed by atoms with Crippen molar-refractivity contribution in [3.63, 3.8) is 0 Å². The Morgan fingerprint density at radius 1 is 1.26 bits per heavy atom. The molecular formula is C26H35F2N7O3. The van der Waals surface area contributed by atoms with Gasteiger partial charge in [-0.1, -0.05) is 12.8 Å². The Hall–Kier alpha value is -3.23. The van der Waals surface area contributed by atoms with Gasteiger partial charge >= 0.3 is 0 Å². The standard InChI is InChI=1S/C26H35F2N7O3/c1-34-14-18(13-31-34)32-21(9-15-4-5-15)25(38)35-19-6-7-20(26(27,28)11-19)22(35)24(37)33-17(12-29)10-16-3-2-8-30-23(16)36/h13-17,19-22,32H,2-11H2,1H3,(H,30,36)(H,33,37)/t16-,17+,19+,20+,21+,22-/m1/s1. The lowest BCUT2D eigenvalue weighted by Crippen LogP contribution is -2.70. The Balaban J connectivity index is 1.37. The lowest BCUT2D eigenvalue weighted by atomic mass is 9.71. The van der Waals surface area contributed by atoms with Gasteiger partial charge in [-0.2, -0.15) is 10.4 Å². The van der Waals surface area contributed by atoms with Gasteiger partial charge in [-0.25, -0.2) is 8.78 Å². The van der Waals surface area contributed by atoms with E-state index in [2.05, 4.69) is 21.0 Å². The molecule has 2 aliphatic carbocycles. The zero-order valence-corrected chi connectivity index (χ0v) is 21.5. The quantitative estimate of drug-likeness (QED) is 0.446. The predicted molar refractivity (Wildman–Crippen MR) is 133 cm³/mol. The second kappa shape index (κ2) is 10.5. The van der Waals surface area contributed by atoms with Crippen LogP contribution in [0.25, 0.3) is 0 Å². The van der Waals surface area contributed by atoms with Crippen LogP contribution in [0.4, 0.5) is 14.5 Å². The van der Waals surface area contributed by atoms with Gasteiger partial charge in [0.05, 0.1) is 23.9 Å². The molecule has 5 aliphatic rings. The third-order valence-electron chi connectivity index (χ3n) is 8.46. The first-order chi connectivity index (χ1) is 18.2. The average Bonchev–Trinajstić information content (AvgIpc) is 3.61. The van der Waals surface area contributed by atoms with E-state index in [1.165, 1.54) is 4.90 Å². The fourth-order valence-corrected chi connectivity index (χ4v) is 6.36. The van der Waals surface area contributed by atoms with Gasteiger partial charge in [0.15, 0.2) is 0 Å². The summed E-state index contributed by atoms with van der Waals surface area (Å²) in [4.78, 5) is 41.1. The molecular weight excluding hydrogens is 496 g/mol. The lowest BCUT2D eigenvalue weighted by Gasteiger charge is -2.54. The molecule has 3 aliphatic heterocycles. The number of nitriles is 1. The van der Waals surface area contributed by atoms with Gasteiger partial charge in [0, 0.05) is 38.2 Å². The second-order valence-electron chi connectivity index (χ2n) is 11.3. The number of carbonyl (C=O) groups excluding carboxylic acids is 3. The minimum atomic E-state index is -3.09. The normalized spacial score (nSPS) is 29.6. The Bertz CT molecular complexity index is 1110. The summed E-state index contributed by atoms with van der Waals surface area (Å²) in [5, 5.41) is 22.5. The van der Waals surface area contributed by atoms with Crippen molar-refractivity contribution in [3.05, 3.63) is 12.4 Å². The monoisotopic (exact) mass is 531 g/mol. The molecule has 0 unspecified atom stereocenters. The van der Waals surface area contributed by atoms with Crippen LogP contribution < -0.4 is 16.0 Å². The van der Waals surface area contributed by atoms with Crippen LogP contribution in [0, 0.1) is 29.1 Å². The number of piperidine rings is 3. The van der Waals surface area contributed by atoms with Gasteiger partial charge in [0.1, 0.15) is 18.1 Å². The molecule has 12 heteroatoms. The number of aromatic nitrogens is 2. The fourth-order valence-electron chi connectivity index (χ4n) is 6.36. The maximum Gasteiger partial charge on any atom is 0.255 e. The lowest BCUT2D eigenvalue weighted by molar-refractivity contribution is -0.194. The SMILES string of the molecule is Cn1cc(N[C@@H](CC2CC2)C(=O)N2[C@H]3CC[C@@H]([C@@H]2C(=O)N[C@H](C#N)C[C@H]2CCCNC2=O)C(F)(F)C3)cn1. The number of nitrogens with zero attached hydrogens (tertiary/aromatic N) is 4. The number of rotatable bonds is 9. The molecule has 2 saturated carbocycles. The van der Waals surface area contributed by atoms with Crippen molar-refractivity contribution >= 4 is 23.4 Å². The highest BCUT2D eigenvalue weighted by molar-refractivity contribution is 5.92. The average molecular weight is 532 g/mol. The summed E-state index contributed by atoms with van der Waals surface area (Å²) in [7, 11) is 1.76. The smallest absolute Gasteiger partial charge is 0.255 e. The first-order valence-electron chi connectivity index (χ1n) is 13.6. The van der Waals surface area contributed by atoms with Gasteiger partial charge in [-0.05, 0) is 44.4 Å². The number of alkyl halides is 2. The van der Waals surface area contributed by atoms with Gasteiger partial charge in [-0.15, -0.1) is 0 Å². The van der Waals surface area contributed by atoms with Crippen molar-refractivity contribution in [2.45, 2.75) is 87.9 Å². The first-order valence-corrected chi connectivity index (χ1v) is 13.6. The van der Waals surface area contributed by atoms with E-state index in [0.717, 1.165) is 19.3 Å². The van der Waals surface area contributed by atoms with Gasteiger partial charge in [0.25, 0.3) is 5.92 Å². The zero-order chi connectivity index (χ0) is 27.0. The van der Waals surface area contributed by atoms with Gasteiger partial charge in [0.2, 0.25) is 17.7 Å². The molecule has 38 heavy (non-hydrogen) atoms. The van der Waals surface area contributed by atoms with Crippen LogP contribution in [-0.2, 0) is 21.4 Å². The summed E-state index contributed by atoms with van der Waals surface area (Å²) in [6, 6.07) is -1.81. The highest BCUT2D eigenvalue weighted by Gasteiger charge is 2.61. The summed E-state index contributed by atoms with van der Waals surface area (Å²) >= 11 is 0. The van der Waals surface area contributed by atoms with Gasteiger partial charge in [-0.3, -0.25) is 19.1 Å². The number of halogens is 2. The third-order valence-corrected chi connectivity index (χ3v) is 8.46. The molecule has 3 amide bonds. The summed E-state index contributed by atoms with van der Waals surface area (Å²) < 4.78 is 31.8. The van der Waals surface area contributed by atoms with Crippen LogP contribution in [0.2, 0.25) is 0 Å². The molecule has 1 aromatic rings. The van der Waals surface area contributed by atoms with E-state index in [-0.39, 0.29) is 24.7 Å². The molecule has 6 atom stereocenters. The number of carbonyl (C=O) groups is 3. The Labute approximate surface area is 220 Å². The number of hydrogen-bond donors (Lipinski definition) is 3. The summed E-state index contributed by atoms with van der Waals surface area (Å²) in [5.41, 5.74) is 0.648. The van der Waals surface area contributed by atoms with Crippen molar-refractivity contribution in [1.29, 1.82) is 5.26 Å².